The van der Waals surface area contributed by atoms with E-state index in [-0.39, 0.29) is 17.5 Å². The summed E-state index contributed by atoms with van der Waals surface area (Å²) in [5.41, 5.74) is 6.90. The molecule has 1 amide bonds. The molecule has 0 bridgehead atoms. The maximum Gasteiger partial charge on any atom is 0.243 e. The summed E-state index contributed by atoms with van der Waals surface area (Å²) in [5.74, 6) is 1.49. The molecule has 2 aliphatic carbocycles. The topological polar surface area (TPSA) is 72.1 Å². The van der Waals surface area contributed by atoms with Crippen LogP contribution in [0.25, 0.3) is 0 Å². The molecule has 5 saturated heterocycles. The zero-order valence-electron chi connectivity index (χ0n) is 22.1. The minimum Gasteiger partial charge on any atom is -0.380 e. The molecule has 208 valence electrons. The first-order valence-electron chi connectivity index (χ1n) is 14.8. The molecule has 3 N–H and O–H groups in total. The lowest BCUT2D eigenvalue weighted by Crippen LogP contribution is -2.65. The normalized spacial score (nSPS) is 43.2. The van der Waals surface area contributed by atoms with E-state index in [1.807, 2.05) is 0 Å². The van der Waals surface area contributed by atoms with E-state index >= 15 is 0 Å². The highest BCUT2D eigenvalue weighted by Gasteiger charge is 2.56. The van der Waals surface area contributed by atoms with Gasteiger partial charge in [-0.1, -0.05) is 6.42 Å². The fraction of sp³-hybridized carbons (Fsp3) is 0.963. The third kappa shape index (κ3) is 4.43. The van der Waals surface area contributed by atoms with Gasteiger partial charge in [0.05, 0.1) is 32.2 Å². The second kappa shape index (κ2) is 9.63. The van der Waals surface area contributed by atoms with Gasteiger partial charge in [-0.2, -0.15) is 0 Å². The lowest BCUT2D eigenvalue weighted by atomic mass is 9.64. The minimum absolute atomic E-state index is 0.0474. The molecule has 10 heteroatoms. The monoisotopic (exact) mass is 522 g/mol. The van der Waals surface area contributed by atoms with Crippen molar-refractivity contribution in [2.75, 3.05) is 46.6 Å². The summed E-state index contributed by atoms with van der Waals surface area (Å²) in [6.07, 6.45) is 7.09. The van der Waals surface area contributed by atoms with Crippen LogP contribution in [0.1, 0.15) is 51.4 Å². The third-order valence-electron chi connectivity index (χ3n) is 11.2. The van der Waals surface area contributed by atoms with Crippen molar-refractivity contribution in [1.82, 2.24) is 30.9 Å². The SMILES string of the molecule is CN1CNNC1CC1(C2CCCC(N3CC4C(CC(N5CC(C(F)F)C5)NC4C4CC4)C3=O)C2)COC1. The van der Waals surface area contributed by atoms with E-state index in [9.17, 15) is 13.6 Å². The summed E-state index contributed by atoms with van der Waals surface area (Å²) < 4.78 is 32.1. The van der Waals surface area contributed by atoms with Crippen molar-refractivity contribution < 1.29 is 18.3 Å². The summed E-state index contributed by atoms with van der Waals surface area (Å²) in [6.45, 7) is 4.31. The first-order valence-corrected chi connectivity index (χ1v) is 14.8. The van der Waals surface area contributed by atoms with Gasteiger partial charge in [0.25, 0.3) is 0 Å². The van der Waals surface area contributed by atoms with Crippen molar-refractivity contribution in [3.8, 4) is 0 Å². The van der Waals surface area contributed by atoms with Crippen LogP contribution in [0.3, 0.4) is 0 Å². The zero-order chi connectivity index (χ0) is 25.3. The Morgan fingerprint density at radius 2 is 1.92 bits per heavy atom. The number of carbonyl (C=O) groups excluding carboxylic acids is 1. The maximum absolute atomic E-state index is 13.9. The van der Waals surface area contributed by atoms with Crippen molar-refractivity contribution in [1.29, 1.82) is 0 Å². The molecule has 37 heavy (non-hydrogen) atoms. The van der Waals surface area contributed by atoms with Crippen LogP contribution in [0.2, 0.25) is 0 Å². The summed E-state index contributed by atoms with van der Waals surface area (Å²) in [6, 6.07) is 0.679. The van der Waals surface area contributed by atoms with Crippen molar-refractivity contribution in [2.45, 2.75) is 82.2 Å². The largest absolute Gasteiger partial charge is 0.380 e. The number of halogens is 2. The van der Waals surface area contributed by atoms with E-state index in [2.05, 4.69) is 37.9 Å². The number of carbonyl (C=O) groups is 1. The molecular formula is C27H44F2N6O2. The molecule has 8 nitrogen and oxygen atoms in total. The standard InChI is InChI=1S/C27H44F2N6O2/c1-33-15-30-32-23(33)9-27(13-37-14-27)18-3-2-4-19(7-18)35-12-21-20(26(35)36)8-22(31-24(21)16-5-6-16)34-10-17(11-34)25(28)29/h16-25,30-32H,2-15H2,1H3. The number of amides is 1. The smallest absolute Gasteiger partial charge is 0.243 e. The Balaban J connectivity index is 1.03. The van der Waals surface area contributed by atoms with Gasteiger partial charge < -0.3 is 9.64 Å². The van der Waals surface area contributed by atoms with Crippen LogP contribution in [0.4, 0.5) is 8.78 Å². The van der Waals surface area contributed by atoms with Crippen molar-refractivity contribution >= 4 is 5.91 Å². The van der Waals surface area contributed by atoms with E-state index in [0.29, 0.717) is 55.0 Å². The lowest BCUT2D eigenvalue weighted by molar-refractivity contribution is -0.169. The van der Waals surface area contributed by atoms with Gasteiger partial charge in [0.15, 0.2) is 0 Å². The molecule has 7 unspecified atom stereocenters. The van der Waals surface area contributed by atoms with Gasteiger partial charge in [0.2, 0.25) is 12.3 Å². The number of likely N-dealkylation sites (tertiary alicyclic amines) is 2. The second-order valence-electron chi connectivity index (χ2n) is 13.4. The number of fused-ring (bicyclic) bond motifs is 1. The number of nitrogens with one attached hydrogen (secondary N) is 3. The van der Waals surface area contributed by atoms with E-state index in [1.54, 1.807) is 0 Å². The van der Waals surface area contributed by atoms with Crippen molar-refractivity contribution in [2.24, 2.45) is 35.0 Å². The number of ether oxygens (including phenoxy) is 1. The quantitative estimate of drug-likeness (QED) is 0.470. The molecule has 0 aromatic carbocycles. The Labute approximate surface area is 219 Å². The number of hydrazine groups is 1. The Morgan fingerprint density at radius 3 is 2.57 bits per heavy atom. The number of rotatable bonds is 7. The number of alkyl halides is 2. The predicted octanol–water partition coefficient (Wildman–Crippen LogP) is 1.64. The van der Waals surface area contributed by atoms with Gasteiger partial charge in [0, 0.05) is 54.9 Å². The van der Waals surface area contributed by atoms with E-state index in [1.165, 1.54) is 25.7 Å². The summed E-state index contributed by atoms with van der Waals surface area (Å²) in [4.78, 5) is 20.7. The average molecular weight is 523 g/mol. The highest BCUT2D eigenvalue weighted by atomic mass is 19.3. The first-order chi connectivity index (χ1) is 17.9. The van der Waals surface area contributed by atoms with E-state index in [0.717, 1.165) is 52.1 Å². The summed E-state index contributed by atoms with van der Waals surface area (Å²) >= 11 is 0. The zero-order valence-corrected chi connectivity index (χ0v) is 22.1. The van der Waals surface area contributed by atoms with Crippen molar-refractivity contribution in [3.05, 3.63) is 0 Å². The molecule has 7 fully saturated rings. The van der Waals surface area contributed by atoms with E-state index < -0.39 is 12.3 Å². The average Bonchev–Trinajstić information content (AvgIpc) is 3.52. The van der Waals surface area contributed by atoms with Crippen LogP contribution in [-0.2, 0) is 9.53 Å². The van der Waals surface area contributed by atoms with Crippen LogP contribution in [0.5, 0.6) is 0 Å². The van der Waals surface area contributed by atoms with Crippen molar-refractivity contribution in [3.63, 3.8) is 0 Å². The van der Waals surface area contributed by atoms with Crippen LogP contribution in [0.15, 0.2) is 0 Å². The molecule has 7 aliphatic rings. The van der Waals surface area contributed by atoms with Gasteiger partial charge >= 0.3 is 0 Å². The summed E-state index contributed by atoms with van der Waals surface area (Å²) in [7, 11) is 2.16. The van der Waals surface area contributed by atoms with Crippen LogP contribution in [-0.4, -0.2) is 98.0 Å². The third-order valence-corrected chi connectivity index (χ3v) is 11.2. The molecule has 0 aromatic rings. The molecule has 2 saturated carbocycles. The van der Waals surface area contributed by atoms with Crippen LogP contribution < -0.4 is 16.2 Å². The van der Waals surface area contributed by atoms with Gasteiger partial charge in [-0.3, -0.25) is 19.9 Å². The summed E-state index contributed by atoms with van der Waals surface area (Å²) in [5, 5.41) is 3.86. The molecule has 0 aromatic heterocycles. The molecule has 7 rings (SSSR count). The molecule has 0 spiro atoms. The van der Waals surface area contributed by atoms with Crippen LogP contribution in [0, 0.1) is 35.0 Å². The van der Waals surface area contributed by atoms with Gasteiger partial charge in [-0.15, -0.1) is 0 Å². The predicted molar refractivity (Wildman–Crippen MR) is 134 cm³/mol. The van der Waals surface area contributed by atoms with Crippen LogP contribution >= 0.6 is 0 Å². The van der Waals surface area contributed by atoms with E-state index in [4.69, 9.17) is 4.74 Å². The maximum atomic E-state index is 13.9. The molecular weight excluding hydrogens is 478 g/mol. The fourth-order valence-electron chi connectivity index (χ4n) is 8.61. The van der Waals surface area contributed by atoms with Gasteiger partial charge in [0.1, 0.15) is 0 Å². The van der Waals surface area contributed by atoms with Gasteiger partial charge in [-0.25, -0.2) is 19.6 Å². The first kappa shape index (κ1) is 25.1. The lowest BCUT2D eigenvalue weighted by Gasteiger charge is -2.52. The molecule has 0 radical (unpaired) electrons. The van der Waals surface area contributed by atoms with Gasteiger partial charge in [-0.05, 0) is 63.8 Å². The number of hydrogen-bond acceptors (Lipinski definition) is 7. The Kier molecular flexibility index (Phi) is 6.53. The highest BCUT2D eigenvalue weighted by molar-refractivity contribution is 5.82. The Morgan fingerprint density at radius 1 is 1.11 bits per heavy atom. The Hall–Kier alpha value is -0.910. The molecule has 5 aliphatic heterocycles. The number of piperidine rings is 1. The Bertz CT molecular complexity index is 866. The minimum atomic E-state index is -2.24. The molecule has 7 atom stereocenters. The number of hydrogen-bond donors (Lipinski definition) is 3. The fourth-order valence-corrected chi connectivity index (χ4v) is 8.61. The number of nitrogens with zero attached hydrogens (tertiary/aromatic N) is 3. The second-order valence-corrected chi connectivity index (χ2v) is 13.4. The highest BCUT2D eigenvalue weighted by Crippen LogP contribution is 2.50. The molecule has 5 heterocycles.